The van der Waals surface area contributed by atoms with E-state index in [4.69, 9.17) is 0 Å². The highest BCUT2D eigenvalue weighted by molar-refractivity contribution is 5.88. The second kappa shape index (κ2) is 6.61. The quantitative estimate of drug-likeness (QED) is 0.756. The molecule has 0 radical (unpaired) electrons. The number of aliphatic hydroxyl groups is 1. The molecule has 6 heteroatoms. The summed E-state index contributed by atoms with van der Waals surface area (Å²) in [6, 6.07) is 8.03. The Balaban J connectivity index is 1.38. The fourth-order valence-electron chi connectivity index (χ4n) is 3.77. The van der Waals surface area contributed by atoms with Gasteiger partial charge in [-0.1, -0.05) is 18.2 Å². The van der Waals surface area contributed by atoms with Crippen LogP contribution in [0, 0.1) is 6.92 Å². The molecule has 1 saturated heterocycles. The highest BCUT2D eigenvalue weighted by Crippen LogP contribution is 2.26. The van der Waals surface area contributed by atoms with Crippen LogP contribution < -0.4 is 0 Å². The Morgan fingerprint density at radius 3 is 2.81 bits per heavy atom. The van der Waals surface area contributed by atoms with Crippen molar-refractivity contribution in [3.05, 3.63) is 54.2 Å². The molecule has 3 heterocycles. The standard InChI is InChI=1S/C20H24N4O2/c1-15-21-8-11-24(15)14-20(26)6-9-23(10-7-20)19(25)12-16-13-22-18-5-3-2-4-17(16)18/h2-5,8,11,13,22,26H,6-7,9-10,12,14H2,1H3. The largest absolute Gasteiger partial charge is 0.388 e. The first-order valence-electron chi connectivity index (χ1n) is 9.07. The number of piperidine rings is 1. The van der Waals surface area contributed by atoms with Gasteiger partial charge in [-0.05, 0) is 31.4 Å². The maximum absolute atomic E-state index is 12.7. The number of rotatable bonds is 4. The minimum Gasteiger partial charge on any atom is -0.388 e. The number of aromatic nitrogens is 3. The molecule has 1 aromatic carbocycles. The molecule has 1 amide bonds. The summed E-state index contributed by atoms with van der Waals surface area (Å²) in [5, 5.41) is 12.0. The van der Waals surface area contributed by atoms with Crippen LogP contribution in [0.1, 0.15) is 24.2 Å². The Kier molecular flexibility index (Phi) is 4.28. The predicted molar refractivity (Wildman–Crippen MR) is 99.7 cm³/mol. The molecule has 0 aliphatic carbocycles. The Labute approximate surface area is 152 Å². The first-order valence-corrected chi connectivity index (χ1v) is 9.07. The molecule has 1 aliphatic rings. The van der Waals surface area contributed by atoms with Crippen LogP contribution >= 0.6 is 0 Å². The van der Waals surface area contributed by atoms with Crippen molar-refractivity contribution < 1.29 is 9.90 Å². The normalized spacial score (nSPS) is 16.9. The zero-order valence-electron chi connectivity index (χ0n) is 15.0. The van der Waals surface area contributed by atoms with E-state index in [1.807, 2.05) is 53.0 Å². The molecule has 1 aliphatic heterocycles. The summed E-state index contributed by atoms with van der Waals surface area (Å²) in [6.45, 7) is 3.64. The van der Waals surface area contributed by atoms with Crippen molar-refractivity contribution in [1.82, 2.24) is 19.4 Å². The van der Waals surface area contributed by atoms with Crippen molar-refractivity contribution in [2.75, 3.05) is 13.1 Å². The fraction of sp³-hybridized carbons (Fsp3) is 0.400. The van der Waals surface area contributed by atoms with Gasteiger partial charge in [0.05, 0.1) is 18.6 Å². The summed E-state index contributed by atoms with van der Waals surface area (Å²) in [4.78, 5) is 22.0. The van der Waals surface area contributed by atoms with E-state index in [0.717, 1.165) is 22.3 Å². The first kappa shape index (κ1) is 16.8. The molecule has 0 bridgehead atoms. The number of hydrogen-bond acceptors (Lipinski definition) is 3. The summed E-state index contributed by atoms with van der Waals surface area (Å²) in [5.41, 5.74) is 1.31. The van der Waals surface area contributed by atoms with Gasteiger partial charge in [-0.25, -0.2) is 4.98 Å². The molecular formula is C20H24N4O2. The van der Waals surface area contributed by atoms with Crippen LogP contribution in [0.5, 0.6) is 0 Å². The number of aryl methyl sites for hydroxylation is 1. The lowest BCUT2D eigenvalue weighted by Gasteiger charge is -2.38. The number of benzene rings is 1. The number of imidazole rings is 1. The van der Waals surface area contributed by atoms with E-state index in [2.05, 4.69) is 9.97 Å². The monoisotopic (exact) mass is 352 g/mol. The Morgan fingerprint density at radius 2 is 2.08 bits per heavy atom. The molecule has 0 atom stereocenters. The van der Waals surface area contributed by atoms with E-state index >= 15 is 0 Å². The van der Waals surface area contributed by atoms with Crippen LogP contribution in [0.25, 0.3) is 10.9 Å². The fourth-order valence-corrected chi connectivity index (χ4v) is 3.77. The minimum absolute atomic E-state index is 0.121. The van der Waals surface area contributed by atoms with Crippen LogP contribution in [0.4, 0.5) is 0 Å². The minimum atomic E-state index is -0.775. The van der Waals surface area contributed by atoms with Gasteiger partial charge in [-0.2, -0.15) is 0 Å². The lowest BCUT2D eigenvalue weighted by atomic mass is 9.91. The van der Waals surface area contributed by atoms with E-state index in [0.29, 0.717) is 38.9 Å². The van der Waals surface area contributed by atoms with Gasteiger partial charge >= 0.3 is 0 Å². The van der Waals surface area contributed by atoms with Crippen molar-refractivity contribution in [3.63, 3.8) is 0 Å². The number of para-hydroxylation sites is 1. The second-order valence-corrected chi connectivity index (χ2v) is 7.24. The van der Waals surface area contributed by atoms with Crippen LogP contribution in [-0.4, -0.2) is 49.1 Å². The molecule has 26 heavy (non-hydrogen) atoms. The van der Waals surface area contributed by atoms with E-state index in [1.165, 1.54) is 0 Å². The van der Waals surface area contributed by atoms with Gasteiger partial charge in [0, 0.05) is 42.6 Å². The summed E-state index contributed by atoms with van der Waals surface area (Å²) in [5.74, 6) is 1.02. The molecule has 136 valence electrons. The van der Waals surface area contributed by atoms with Crippen molar-refractivity contribution >= 4 is 16.8 Å². The molecular weight excluding hydrogens is 328 g/mol. The number of likely N-dealkylation sites (tertiary alicyclic amines) is 1. The van der Waals surface area contributed by atoms with Gasteiger partial charge in [0.2, 0.25) is 5.91 Å². The number of aromatic amines is 1. The van der Waals surface area contributed by atoms with Crippen LogP contribution in [0.3, 0.4) is 0 Å². The average Bonchev–Trinajstić information content (AvgIpc) is 3.22. The first-order chi connectivity index (χ1) is 12.5. The lowest BCUT2D eigenvalue weighted by Crippen LogP contribution is -2.49. The highest BCUT2D eigenvalue weighted by Gasteiger charge is 2.34. The summed E-state index contributed by atoms with van der Waals surface area (Å²) in [6.07, 6.45) is 7.13. The second-order valence-electron chi connectivity index (χ2n) is 7.24. The Bertz CT molecular complexity index is 919. The zero-order valence-corrected chi connectivity index (χ0v) is 15.0. The van der Waals surface area contributed by atoms with Crippen molar-refractivity contribution in [1.29, 1.82) is 0 Å². The number of fused-ring (bicyclic) bond motifs is 1. The van der Waals surface area contributed by atoms with Crippen LogP contribution in [0.2, 0.25) is 0 Å². The third-order valence-corrected chi connectivity index (χ3v) is 5.45. The molecule has 0 saturated carbocycles. The predicted octanol–water partition coefficient (Wildman–Crippen LogP) is 2.27. The van der Waals surface area contributed by atoms with E-state index < -0.39 is 5.60 Å². The van der Waals surface area contributed by atoms with Crippen LogP contribution in [0.15, 0.2) is 42.9 Å². The molecule has 3 aromatic rings. The topological polar surface area (TPSA) is 74.2 Å². The average molecular weight is 352 g/mol. The molecule has 6 nitrogen and oxygen atoms in total. The molecule has 2 aromatic heterocycles. The number of hydrogen-bond donors (Lipinski definition) is 2. The highest BCUT2D eigenvalue weighted by atomic mass is 16.3. The van der Waals surface area contributed by atoms with Crippen molar-refractivity contribution in [2.45, 2.75) is 38.3 Å². The molecule has 0 unspecified atom stereocenters. The Morgan fingerprint density at radius 1 is 1.31 bits per heavy atom. The number of nitrogens with zero attached hydrogens (tertiary/aromatic N) is 3. The smallest absolute Gasteiger partial charge is 0.227 e. The number of carbonyl (C=O) groups excluding carboxylic acids is 1. The van der Waals surface area contributed by atoms with E-state index in [1.54, 1.807) is 6.20 Å². The third kappa shape index (κ3) is 3.24. The molecule has 0 spiro atoms. The summed E-state index contributed by atoms with van der Waals surface area (Å²) < 4.78 is 1.98. The van der Waals surface area contributed by atoms with Gasteiger partial charge in [-0.15, -0.1) is 0 Å². The number of nitrogens with one attached hydrogen (secondary N) is 1. The number of carbonyl (C=O) groups is 1. The van der Waals surface area contributed by atoms with Crippen molar-refractivity contribution in [3.8, 4) is 0 Å². The van der Waals surface area contributed by atoms with Gasteiger partial charge in [-0.3, -0.25) is 4.79 Å². The SMILES string of the molecule is Cc1nccn1CC1(O)CCN(C(=O)Cc2c[nH]c3ccccc23)CC1. The van der Waals surface area contributed by atoms with E-state index in [-0.39, 0.29) is 5.91 Å². The van der Waals surface area contributed by atoms with E-state index in [9.17, 15) is 9.90 Å². The molecule has 2 N–H and O–H groups in total. The zero-order chi connectivity index (χ0) is 18.1. The lowest BCUT2D eigenvalue weighted by molar-refractivity contribution is -0.135. The van der Waals surface area contributed by atoms with Gasteiger partial charge < -0.3 is 19.6 Å². The Hall–Kier alpha value is -2.60. The maximum Gasteiger partial charge on any atom is 0.227 e. The van der Waals surface area contributed by atoms with Crippen molar-refractivity contribution in [2.24, 2.45) is 0 Å². The summed E-state index contributed by atoms with van der Waals surface area (Å²) >= 11 is 0. The maximum atomic E-state index is 12.7. The molecule has 4 rings (SSSR count). The molecule has 1 fully saturated rings. The number of amides is 1. The summed E-state index contributed by atoms with van der Waals surface area (Å²) in [7, 11) is 0. The van der Waals surface area contributed by atoms with Crippen LogP contribution in [-0.2, 0) is 17.8 Å². The number of H-pyrrole nitrogens is 1. The van der Waals surface area contributed by atoms with Gasteiger partial charge in [0.1, 0.15) is 5.82 Å². The van der Waals surface area contributed by atoms with Gasteiger partial charge in [0.15, 0.2) is 0 Å². The van der Waals surface area contributed by atoms with Gasteiger partial charge in [0.25, 0.3) is 0 Å². The third-order valence-electron chi connectivity index (χ3n) is 5.45.